The third-order valence-corrected chi connectivity index (χ3v) is 18.0. The largest absolute Gasteiger partial charge is 0.334 e. The molecule has 1 fully saturated rings. The van der Waals surface area contributed by atoms with Gasteiger partial charge in [0.05, 0.1) is 44.6 Å². The third-order valence-electron chi connectivity index (χ3n) is 18.0. The molecule has 2 atom stereocenters. The highest BCUT2D eigenvalue weighted by atomic mass is 15.2. The third kappa shape index (κ3) is 5.63. The van der Waals surface area contributed by atoms with Crippen molar-refractivity contribution in [1.29, 1.82) is 0 Å². The molecule has 0 bridgehead atoms. The fourth-order valence-corrected chi connectivity index (χ4v) is 15.0. The standard InChI is InChI=1S/C74H52N4/c1-3-19-54-55-20-5-12-27-67(55)75(66(54)4-2)46-34-38-50-51-39-35-47(76-68-28-13-6-21-56(68)57-22-7-14-29-69(57)76)43-63(51)74(62(50)42-46)64-44-48(77-70-30-15-8-23-58(70)59-24-9-16-31-71(59)77)36-40-52(64)53-41-37-49(45-65(53)74)78-72-32-17-10-25-60(72)61-26-11-18-33-73(61)78/h4-45,55,67H,3H2,1-2H3/b54-19-,66-4?. The van der Waals surface area contributed by atoms with Gasteiger partial charge in [0.15, 0.2) is 0 Å². The highest BCUT2D eigenvalue weighted by molar-refractivity contribution is 6.12. The first-order valence-corrected chi connectivity index (χ1v) is 27.7. The van der Waals surface area contributed by atoms with Crippen molar-refractivity contribution in [3.8, 4) is 39.3 Å². The van der Waals surface area contributed by atoms with Gasteiger partial charge in [-0.3, -0.25) is 0 Å². The monoisotopic (exact) mass is 996 g/mol. The summed E-state index contributed by atoms with van der Waals surface area (Å²) in [7, 11) is 0. The fourth-order valence-electron chi connectivity index (χ4n) is 15.0. The van der Waals surface area contributed by atoms with Crippen molar-refractivity contribution in [2.75, 3.05) is 4.90 Å². The van der Waals surface area contributed by atoms with Crippen LogP contribution < -0.4 is 4.90 Å². The van der Waals surface area contributed by atoms with E-state index >= 15 is 0 Å². The molecular weight excluding hydrogens is 945 g/mol. The Hall–Kier alpha value is -9.64. The Labute approximate surface area is 452 Å². The molecule has 0 saturated carbocycles. The molecule has 1 aliphatic heterocycles. The minimum Gasteiger partial charge on any atom is -0.334 e. The van der Waals surface area contributed by atoms with Crippen LogP contribution in [0, 0.1) is 5.92 Å². The summed E-state index contributed by atoms with van der Waals surface area (Å²) in [6.07, 6.45) is 15.1. The summed E-state index contributed by atoms with van der Waals surface area (Å²) < 4.78 is 7.50. The summed E-state index contributed by atoms with van der Waals surface area (Å²) in [5.41, 5.74) is 24.1. The zero-order chi connectivity index (χ0) is 51.4. The van der Waals surface area contributed by atoms with Crippen molar-refractivity contribution in [3.05, 3.63) is 288 Å². The Morgan fingerprint density at radius 2 is 0.705 bits per heavy atom. The summed E-state index contributed by atoms with van der Waals surface area (Å²) in [5, 5.41) is 7.53. The van der Waals surface area contributed by atoms with E-state index < -0.39 is 5.41 Å². The van der Waals surface area contributed by atoms with Crippen molar-refractivity contribution in [1.82, 2.24) is 13.7 Å². The van der Waals surface area contributed by atoms with Crippen LogP contribution in [0.2, 0.25) is 0 Å². The number of rotatable bonds is 5. The minimum absolute atomic E-state index is 0.158. The lowest BCUT2D eigenvalue weighted by molar-refractivity contribution is 0.700. The molecular formula is C74H52N4. The van der Waals surface area contributed by atoms with E-state index in [2.05, 4.69) is 287 Å². The Bertz CT molecular complexity index is 4390. The molecule has 13 aromatic rings. The van der Waals surface area contributed by atoms with E-state index in [-0.39, 0.29) is 12.0 Å². The molecule has 0 amide bonds. The van der Waals surface area contributed by atoms with Crippen LogP contribution in [-0.4, -0.2) is 19.7 Å². The van der Waals surface area contributed by atoms with Crippen LogP contribution in [0.1, 0.15) is 42.5 Å². The maximum atomic E-state index is 2.63. The first-order chi connectivity index (χ1) is 38.6. The number of hydrogen-bond donors (Lipinski definition) is 0. The number of anilines is 1. The van der Waals surface area contributed by atoms with Gasteiger partial charge in [-0.05, 0) is 148 Å². The Balaban J connectivity index is 1.01. The van der Waals surface area contributed by atoms with E-state index in [1.165, 1.54) is 127 Å². The zero-order valence-electron chi connectivity index (χ0n) is 43.4. The summed E-state index contributed by atoms with van der Waals surface area (Å²) in [6, 6.07) is 83.2. The predicted octanol–water partition coefficient (Wildman–Crippen LogP) is 18.5. The van der Waals surface area contributed by atoms with E-state index in [0.29, 0.717) is 0 Å². The molecule has 0 radical (unpaired) electrons. The van der Waals surface area contributed by atoms with Gasteiger partial charge >= 0.3 is 0 Å². The van der Waals surface area contributed by atoms with Gasteiger partial charge in [0, 0.05) is 66.7 Å². The van der Waals surface area contributed by atoms with Gasteiger partial charge in [-0.1, -0.05) is 177 Å². The second-order valence-electron chi connectivity index (χ2n) is 21.7. The fraction of sp³-hybridized carbons (Fsp3) is 0.0811. The molecule has 17 rings (SSSR count). The molecule has 3 aromatic heterocycles. The normalized spacial score (nSPS) is 17.7. The predicted molar refractivity (Wildman–Crippen MR) is 326 cm³/mol. The number of hydrogen-bond acceptors (Lipinski definition) is 1. The van der Waals surface area contributed by atoms with E-state index in [0.717, 1.165) is 23.5 Å². The second-order valence-corrected chi connectivity index (χ2v) is 21.7. The highest BCUT2D eigenvalue weighted by Crippen LogP contribution is 2.65. The molecule has 10 aromatic carbocycles. The lowest BCUT2D eigenvalue weighted by Gasteiger charge is -2.33. The second kappa shape index (κ2) is 16.2. The Kier molecular flexibility index (Phi) is 9.05. The van der Waals surface area contributed by atoms with Crippen molar-refractivity contribution in [2.45, 2.75) is 31.7 Å². The van der Waals surface area contributed by atoms with Crippen LogP contribution in [0.4, 0.5) is 5.69 Å². The molecule has 4 heterocycles. The Morgan fingerprint density at radius 3 is 1.05 bits per heavy atom. The van der Waals surface area contributed by atoms with Gasteiger partial charge in [-0.2, -0.15) is 0 Å². The van der Waals surface area contributed by atoms with Crippen molar-refractivity contribution in [3.63, 3.8) is 0 Å². The topological polar surface area (TPSA) is 18.0 Å². The number of allylic oxidation sites excluding steroid dienone is 5. The summed E-state index contributed by atoms with van der Waals surface area (Å²) in [4.78, 5) is 2.63. The summed E-state index contributed by atoms with van der Waals surface area (Å²) in [5.74, 6) is 0.268. The molecule has 4 aliphatic rings. The SMILES string of the molecule is CC=C1/C(=C\CC)C2C=CC=CC2N1c1ccc2c(c1)C1(c3cc(-n4c5ccccc5c5ccccc54)ccc3-2)c2cc(-n3c4ccccc4c4ccccc43)ccc2-c2ccc(-n3c4ccccc4c4ccccc43)cc21. The van der Waals surface area contributed by atoms with Crippen LogP contribution in [0.15, 0.2) is 266 Å². The van der Waals surface area contributed by atoms with Gasteiger partial charge in [0.25, 0.3) is 0 Å². The maximum Gasteiger partial charge on any atom is 0.0728 e. The van der Waals surface area contributed by atoms with Gasteiger partial charge in [0.1, 0.15) is 0 Å². The van der Waals surface area contributed by atoms with Gasteiger partial charge in [-0.15, -0.1) is 0 Å². The molecule has 1 saturated heterocycles. The number of aromatic nitrogens is 3. The molecule has 0 N–H and O–H groups in total. The van der Waals surface area contributed by atoms with Crippen LogP contribution in [0.3, 0.4) is 0 Å². The van der Waals surface area contributed by atoms with Gasteiger partial charge in [0.2, 0.25) is 0 Å². The van der Waals surface area contributed by atoms with Crippen molar-refractivity contribution in [2.24, 2.45) is 5.92 Å². The van der Waals surface area contributed by atoms with E-state index in [1.807, 2.05) is 0 Å². The number of benzene rings is 10. The van der Waals surface area contributed by atoms with Gasteiger partial charge < -0.3 is 18.6 Å². The molecule has 368 valence electrons. The molecule has 4 heteroatoms. The van der Waals surface area contributed by atoms with Crippen LogP contribution in [-0.2, 0) is 5.41 Å². The van der Waals surface area contributed by atoms with Crippen LogP contribution in [0.5, 0.6) is 0 Å². The molecule has 1 spiro atoms. The molecule has 4 nitrogen and oxygen atoms in total. The first-order valence-electron chi connectivity index (χ1n) is 27.7. The quantitative estimate of drug-likeness (QED) is 0.168. The minimum atomic E-state index is -0.747. The highest BCUT2D eigenvalue weighted by Gasteiger charge is 2.53. The maximum absolute atomic E-state index is 2.63. The molecule has 2 unspecified atom stereocenters. The van der Waals surface area contributed by atoms with Crippen LogP contribution in [0.25, 0.3) is 105 Å². The zero-order valence-corrected chi connectivity index (χ0v) is 43.4. The Morgan fingerprint density at radius 1 is 0.385 bits per heavy atom. The van der Waals surface area contributed by atoms with Gasteiger partial charge in [-0.25, -0.2) is 0 Å². The lowest BCUT2D eigenvalue weighted by atomic mass is 9.70. The average Bonchev–Trinajstić information content (AvgIpc) is 3.47. The average molecular weight is 997 g/mol. The van der Waals surface area contributed by atoms with E-state index in [4.69, 9.17) is 0 Å². The van der Waals surface area contributed by atoms with E-state index in [9.17, 15) is 0 Å². The van der Waals surface area contributed by atoms with Crippen LogP contribution >= 0.6 is 0 Å². The molecule has 78 heavy (non-hydrogen) atoms. The van der Waals surface area contributed by atoms with Crippen molar-refractivity contribution >= 4 is 71.1 Å². The lowest BCUT2D eigenvalue weighted by Crippen LogP contribution is -2.31. The van der Waals surface area contributed by atoms with E-state index in [1.54, 1.807) is 0 Å². The smallest absolute Gasteiger partial charge is 0.0728 e. The van der Waals surface area contributed by atoms with Crippen molar-refractivity contribution < 1.29 is 0 Å². The summed E-state index contributed by atoms with van der Waals surface area (Å²) in [6.45, 7) is 4.48. The number of nitrogens with zero attached hydrogens (tertiary/aromatic N) is 4. The number of para-hydroxylation sites is 6. The summed E-state index contributed by atoms with van der Waals surface area (Å²) >= 11 is 0. The number of fused-ring (bicyclic) bond motifs is 20. The molecule has 3 aliphatic carbocycles. The first kappa shape index (κ1) is 43.6.